The van der Waals surface area contributed by atoms with E-state index in [1.807, 2.05) is 0 Å². The summed E-state index contributed by atoms with van der Waals surface area (Å²) >= 11 is 0. The van der Waals surface area contributed by atoms with Gasteiger partial charge in [0.2, 0.25) is 0 Å². The molecule has 0 saturated carbocycles. The molecule has 0 saturated heterocycles. The third kappa shape index (κ3) is 5.88. The lowest BCUT2D eigenvalue weighted by atomic mass is 10.1. The minimum atomic E-state index is -5.85. The van der Waals surface area contributed by atoms with Crippen molar-refractivity contribution in [2.45, 2.75) is 24.7 Å². The van der Waals surface area contributed by atoms with Crippen LogP contribution in [0.25, 0.3) is 0 Å². The lowest BCUT2D eigenvalue weighted by Crippen LogP contribution is -2.40. The van der Waals surface area contributed by atoms with Gasteiger partial charge in [0.15, 0.2) is 5.92 Å². The first-order valence-corrected chi connectivity index (χ1v) is 5.98. The summed E-state index contributed by atoms with van der Waals surface area (Å²) in [5.41, 5.74) is -3.87. The first-order valence-electron chi connectivity index (χ1n) is 5.98. The maximum absolute atomic E-state index is 12.5. The molecule has 0 aromatic heterocycles. The molecule has 0 fully saturated rings. The first kappa shape index (κ1) is 21.2. The highest BCUT2D eigenvalue weighted by atomic mass is 19.4. The van der Waals surface area contributed by atoms with Gasteiger partial charge in [-0.05, 0) is 18.2 Å². The van der Waals surface area contributed by atoms with E-state index in [9.17, 15) is 52.7 Å². The van der Waals surface area contributed by atoms with Gasteiger partial charge in [-0.25, -0.2) is 0 Å². The summed E-state index contributed by atoms with van der Waals surface area (Å²) in [6.07, 6.45) is -22.4. The highest BCUT2D eigenvalue weighted by Crippen LogP contribution is 2.41. The highest BCUT2D eigenvalue weighted by Gasteiger charge is 2.57. The smallest absolute Gasteiger partial charge is 0.416 e. The molecule has 0 unspecified atom stereocenters. The Labute approximate surface area is 131 Å². The maximum atomic E-state index is 12.5. The van der Waals surface area contributed by atoms with Crippen molar-refractivity contribution in [1.29, 1.82) is 0 Å². The van der Waals surface area contributed by atoms with Gasteiger partial charge in [0.25, 0.3) is 0 Å². The zero-order chi connectivity index (χ0) is 19.8. The fraction of sp³-hybridized carbons (Fsp3) is 0.500. The molecule has 0 aliphatic carbocycles. The number of ether oxygens (including phenoxy) is 1. The second kappa shape index (κ2) is 6.48. The maximum Gasteiger partial charge on any atom is 0.416 e. The van der Waals surface area contributed by atoms with Gasteiger partial charge in [-0.1, -0.05) is 0 Å². The number of rotatable bonds is 3. The molecule has 0 spiro atoms. The van der Waals surface area contributed by atoms with Crippen molar-refractivity contribution in [3.8, 4) is 5.75 Å². The standard InChI is InChI=1S/C12H6F12O/c13-9(14,15)5-1-6(10(16,17)18)3-7(2-5)25-4-8(11(19,20)21)12(22,23)24/h1-3,8H,4H2. The van der Waals surface area contributed by atoms with Crippen LogP contribution in [-0.2, 0) is 12.4 Å². The third-order valence-electron chi connectivity index (χ3n) is 2.77. The largest absolute Gasteiger partial charge is 0.493 e. The molecule has 0 aliphatic rings. The van der Waals surface area contributed by atoms with Crippen molar-refractivity contribution in [2.24, 2.45) is 5.92 Å². The molecule has 0 aliphatic heterocycles. The van der Waals surface area contributed by atoms with Gasteiger partial charge in [-0.15, -0.1) is 0 Å². The molecule has 25 heavy (non-hydrogen) atoms. The molecule has 0 N–H and O–H groups in total. The Morgan fingerprint density at radius 3 is 1.28 bits per heavy atom. The van der Waals surface area contributed by atoms with Crippen LogP contribution < -0.4 is 4.74 Å². The van der Waals surface area contributed by atoms with Gasteiger partial charge in [-0.2, -0.15) is 52.7 Å². The summed E-state index contributed by atoms with van der Waals surface area (Å²) < 4.78 is 153. The molecular weight excluding hydrogens is 388 g/mol. The topological polar surface area (TPSA) is 9.23 Å². The summed E-state index contributed by atoms with van der Waals surface area (Å²) in [7, 11) is 0. The number of hydrogen-bond donors (Lipinski definition) is 0. The van der Waals surface area contributed by atoms with Gasteiger partial charge in [-0.3, -0.25) is 0 Å². The Kier molecular flexibility index (Phi) is 5.50. The van der Waals surface area contributed by atoms with E-state index in [-0.39, 0.29) is 18.2 Å². The minimum absolute atomic E-state index is 0.126. The molecule has 1 nitrogen and oxygen atoms in total. The van der Waals surface area contributed by atoms with E-state index in [0.717, 1.165) is 0 Å². The van der Waals surface area contributed by atoms with Crippen LogP contribution in [0, 0.1) is 5.92 Å². The van der Waals surface area contributed by atoms with Crippen LogP contribution in [0.5, 0.6) is 5.75 Å². The summed E-state index contributed by atoms with van der Waals surface area (Å²) in [4.78, 5) is 0. The van der Waals surface area contributed by atoms with E-state index in [1.165, 1.54) is 0 Å². The van der Waals surface area contributed by atoms with E-state index < -0.39 is 54.1 Å². The fourth-order valence-electron chi connectivity index (χ4n) is 1.56. The monoisotopic (exact) mass is 394 g/mol. The average molecular weight is 394 g/mol. The summed E-state index contributed by atoms with van der Waals surface area (Å²) in [5, 5.41) is 0. The summed E-state index contributed by atoms with van der Waals surface area (Å²) in [6, 6.07) is -0.601. The van der Waals surface area contributed by atoms with Crippen molar-refractivity contribution in [2.75, 3.05) is 6.61 Å². The average Bonchev–Trinajstić information content (AvgIpc) is 2.33. The Morgan fingerprint density at radius 2 is 1.00 bits per heavy atom. The summed E-state index contributed by atoms with van der Waals surface area (Å²) in [5.74, 6) is -5.51. The summed E-state index contributed by atoms with van der Waals surface area (Å²) in [6.45, 7) is -2.23. The molecule has 0 bridgehead atoms. The number of hydrogen-bond acceptors (Lipinski definition) is 1. The minimum Gasteiger partial charge on any atom is -0.493 e. The SMILES string of the molecule is FC(F)(F)c1cc(OCC(C(F)(F)F)C(F)(F)F)cc(C(F)(F)F)c1. The van der Waals surface area contributed by atoms with Gasteiger partial charge >= 0.3 is 24.7 Å². The van der Waals surface area contributed by atoms with Crippen LogP contribution in [0.2, 0.25) is 0 Å². The van der Waals surface area contributed by atoms with Crippen molar-refractivity contribution in [3.63, 3.8) is 0 Å². The second-order valence-electron chi connectivity index (χ2n) is 4.69. The van der Waals surface area contributed by atoms with Gasteiger partial charge < -0.3 is 4.74 Å². The Balaban J connectivity index is 3.21. The van der Waals surface area contributed by atoms with Crippen LogP contribution in [0.3, 0.4) is 0 Å². The van der Waals surface area contributed by atoms with E-state index in [4.69, 9.17) is 0 Å². The lowest BCUT2D eigenvalue weighted by Gasteiger charge is -2.23. The molecule has 0 amide bonds. The van der Waals surface area contributed by atoms with Crippen molar-refractivity contribution in [1.82, 2.24) is 0 Å². The van der Waals surface area contributed by atoms with Crippen LogP contribution in [-0.4, -0.2) is 19.0 Å². The normalized spacial score (nSPS) is 14.1. The zero-order valence-corrected chi connectivity index (χ0v) is 11.5. The molecule has 1 rings (SSSR count). The molecule has 1 aromatic carbocycles. The molecule has 0 radical (unpaired) electrons. The molecular formula is C12H6F12O. The van der Waals surface area contributed by atoms with Crippen LogP contribution in [0.15, 0.2) is 18.2 Å². The first-order chi connectivity index (χ1) is 10.9. The fourth-order valence-corrected chi connectivity index (χ4v) is 1.56. The van der Waals surface area contributed by atoms with E-state index in [2.05, 4.69) is 4.74 Å². The Morgan fingerprint density at radius 1 is 0.640 bits per heavy atom. The number of benzene rings is 1. The third-order valence-corrected chi connectivity index (χ3v) is 2.77. The molecule has 13 heteroatoms. The van der Waals surface area contributed by atoms with Crippen molar-refractivity contribution < 1.29 is 57.4 Å². The Bertz CT molecular complexity index is 546. The van der Waals surface area contributed by atoms with Crippen LogP contribution >= 0.6 is 0 Å². The van der Waals surface area contributed by atoms with Crippen LogP contribution in [0.1, 0.15) is 11.1 Å². The van der Waals surface area contributed by atoms with E-state index in [1.54, 1.807) is 0 Å². The quantitative estimate of drug-likeness (QED) is 0.585. The van der Waals surface area contributed by atoms with E-state index in [0.29, 0.717) is 0 Å². The van der Waals surface area contributed by atoms with Crippen molar-refractivity contribution in [3.05, 3.63) is 29.3 Å². The molecule has 1 aromatic rings. The number of alkyl halides is 12. The molecule has 0 heterocycles. The predicted octanol–water partition coefficient (Wildman–Crippen LogP) is 5.84. The van der Waals surface area contributed by atoms with Crippen LogP contribution in [0.4, 0.5) is 52.7 Å². The second-order valence-corrected chi connectivity index (χ2v) is 4.69. The van der Waals surface area contributed by atoms with Gasteiger partial charge in [0, 0.05) is 0 Å². The number of halogens is 12. The van der Waals surface area contributed by atoms with Gasteiger partial charge in [0.1, 0.15) is 12.4 Å². The van der Waals surface area contributed by atoms with Gasteiger partial charge in [0.05, 0.1) is 11.1 Å². The Hall–Kier alpha value is -1.82. The van der Waals surface area contributed by atoms with E-state index >= 15 is 0 Å². The predicted molar refractivity (Wildman–Crippen MR) is 57.5 cm³/mol. The lowest BCUT2D eigenvalue weighted by molar-refractivity contribution is -0.289. The molecule has 0 atom stereocenters. The molecule has 144 valence electrons. The van der Waals surface area contributed by atoms with Crippen molar-refractivity contribution >= 4 is 0 Å². The zero-order valence-electron chi connectivity index (χ0n) is 11.5. The highest BCUT2D eigenvalue weighted by molar-refractivity contribution is 5.37.